The third-order valence-corrected chi connectivity index (χ3v) is 3.66. The van der Waals surface area contributed by atoms with Crippen LogP contribution in [0.15, 0.2) is 46.6 Å². The van der Waals surface area contributed by atoms with Crippen LogP contribution in [0.3, 0.4) is 0 Å². The first-order valence-electron chi connectivity index (χ1n) is 7.65. The fourth-order valence-corrected chi connectivity index (χ4v) is 2.39. The first-order valence-corrected chi connectivity index (χ1v) is 7.65. The van der Waals surface area contributed by atoms with Crippen molar-refractivity contribution in [3.63, 3.8) is 0 Å². The topological polar surface area (TPSA) is 104 Å². The first-order chi connectivity index (χ1) is 12.2. The lowest BCUT2D eigenvalue weighted by molar-refractivity contribution is 0.158. The van der Waals surface area contributed by atoms with Crippen LogP contribution < -0.4 is 19.9 Å². The van der Waals surface area contributed by atoms with Crippen LogP contribution in [0.5, 0.6) is 17.5 Å². The van der Waals surface area contributed by atoms with Gasteiger partial charge < -0.3 is 19.9 Å². The Bertz CT molecular complexity index is 974. The van der Waals surface area contributed by atoms with E-state index in [2.05, 4.69) is 20.2 Å². The van der Waals surface area contributed by atoms with Gasteiger partial charge in [-0.3, -0.25) is 0 Å². The van der Waals surface area contributed by atoms with Gasteiger partial charge in [-0.25, -0.2) is 9.97 Å². The van der Waals surface area contributed by atoms with Gasteiger partial charge in [-0.15, -0.1) is 5.11 Å². The molecule has 0 saturated heterocycles. The van der Waals surface area contributed by atoms with Crippen molar-refractivity contribution in [2.45, 2.75) is 0 Å². The van der Waals surface area contributed by atoms with Crippen molar-refractivity contribution in [3.8, 4) is 17.5 Å². The van der Waals surface area contributed by atoms with Gasteiger partial charge >= 0.3 is 0 Å². The Labute approximate surface area is 143 Å². The van der Waals surface area contributed by atoms with Crippen molar-refractivity contribution in [2.24, 2.45) is 10.2 Å². The van der Waals surface area contributed by atoms with E-state index in [1.54, 1.807) is 37.4 Å². The summed E-state index contributed by atoms with van der Waals surface area (Å²) >= 11 is 0. The highest BCUT2D eigenvalue weighted by Crippen LogP contribution is 2.31. The van der Waals surface area contributed by atoms with Gasteiger partial charge in [-0.2, -0.15) is 5.11 Å². The van der Waals surface area contributed by atoms with Gasteiger partial charge in [-0.1, -0.05) is 0 Å². The van der Waals surface area contributed by atoms with Gasteiger partial charge in [0.25, 0.3) is 11.8 Å². The summed E-state index contributed by atoms with van der Waals surface area (Å²) in [6, 6.07) is 10.6. The summed E-state index contributed by atoms with van der Waals surface area (Å²) < 4.78 is 16.1. The molecule has 0 bridgehead atoms. The molecule has 2 heterocycles. The molecule has 1 aromatic heterocycles. The molecule has 0 spiro atoms. The zero-order valence-corrected chi connectivity index (χ0v) is 13.5. The molecule has 8 heteroatoms. The van der Waals surface area contributed by atoms with Gasteiger partial charge in [0.15, 0.2) is 0 Å². The average Bonchev–Trinajstić information content (AvgIpc) is 2.65. The summed E-state index contributed by atoms with van der Waals surface area (Å²) in [7, 11) is 1.58. The van der Waals surface area contributed by atoms with Gasteiger partial charge in [0.2, 0.25) is 0 Å². The molecular weight excluding hydrogens is 322 g/mol. The first kappa shape index (κ1) is 15.1. The second kappa shape index (κ2) is 6.23. The summed E-state index contributed by atoms with van der Waals surface area (Å²) in [5.74, 6) is 1.47. The zero-order chi connectivity index (χ0) is 17.2. The van der Waals surface area contributed by atoms with Crippen LogP contribution >= 0.6 is 0 Å². The normalized spacial score (nSPS) is 13.3. The molecule has 4 rings (SSSR count). The number of nitrogens with two attached hydrogens (primary N) is 1. The summed E-state index contributed by atoms with van der Waals surface area (Å²) in [6.45, 7) is 0.934. The molecule has 0 radical (unpaired) electrons. The van der Waals surface area contributed by atoms with Crippen LogP contribution in [-0.2, 0) is 0 Å². The third-order valence-electron chi connectivity index (χ3n) is 3.66. The maximum absolute atomic E-state index is 5.91. The number of benzene rings is 2. The lowest BCUT2D eigenvalue weighted by Crippen LogP contribution is -2.17. The molecule has 0 unspecified atom stereocenters. The van der Waals surface area contributed by atoms with Gasteiger partial charge in [0, 0.05) is 6.07 Å². The summed E-state index contributed by atoms with van der Waals surface area (Å²) in [5, 5.41) is 8.42. The van der Waals surface area contributed by atoms with Crippen molar-refractivity contribution in [3.05, 3.63) is 36.4 Å². The predicted molar refractivity (Wildman–Crippen MR) is 92.1 cm³/mol. The molecule has 0 saturated carbocycles. The van der Waals surface area contributed by atoms with Gasteiger partial charge in [0.1, 0.15) is 24.7 Å². The number of nitrogen functional groups attached to an aromatic ring is 1. The van der Waals surface area contributed by atoms with E-state index in [-0.39, 0.29) is 0 Å². The molecule has 2 aromatic carbocycles. The van der Waals surface area contributed by atoms with E-state index in [9.17, 15) is 0 Å². The molecule has 126 valence electrons. The number of nitrogens with zero attached hydrogens (tertiary/aromatic N) is 4. The summed E-state index contributed by atoms with van der Waals surface area (Å²) in [6.07, 6.45) is 0. The highest BCUT2D eigenvalue weighted by atomic mass is 16.6. The largest absolute Gasteiger partial charge is 0.497 e. The molecular formula is C17H15N5O3. The highest BCUT2D eigenvalue weighted by Gasteiger charge is 2.16. The second-order valence-corrected chi connectivity index (χ2v) is 5.33. The number of methoxy groups -OCH3 is 1. The predicted octanol–water partition coefficient (Wildman–Crippen LogP) is 3.41. The van der Waals surface area contributed by atoms with Crippen LogP contribution in [-0.4, -0.2) is 30.3 Å². The number of hydrogen-bond donors (Lipinski definition) is 1. The van der Waals surface area contributed by atoms with E-state index in [0.29, 0.717) is 58.8 Å². The molecule has 3 aromatic rings. The number of rotatable bonds is 3. The number of hydrogen-bond acceptors (Lipinski definition) is 8. The minimum Gasteiger partial charge on any atom is -0.497 e. The smallest absolute Gasteiger partial charge is 0.278 e. The zero-order valence-electron chi connectivity index (χ0n) is 13.5. The van der Waals surface area contributed by atoms with Crippen molar-refractivity contribution in [2.75, 3.05) is 26.1 Å². The van der Waals surface area contributed by atoms with Gasteiger partial charge in [-0.05, 0) is 30.3 Å². The Morgan fingerprint density at radius 3 is 2.48 bits per heavy atom. The van der Waals surface area contributed by atoms with Crippen LogP contribution in [0.25, 0.3) is 11.0 Å². The molecule has 8 nitrogen and oxygen atoms in total. The van der Waals surface area contributed by atoms with Crippen LogP contribution in [0.1, 0.15) is 0 Å². The van der Waals surface area contributed by atoms with Crippen LogP contribution in [0.4, 0.5) is 17.1 Å². The minimum absolute atomic E-state index is 0.393. The van der Waals surface area contributed by atoms with E-state index in [1.165, 1.54) is 0 Å². The fourth-order valence-electron chi connectivity index (χ4n) is 2.39. The summed E-state index contributed by atoms with van der Waals surface area (Å²) in [5.41, 5.74) is 8.94. The lowest BCUT2D eigenvalue weighted by Gasteiger charge is -2.16. The standard InChI is InChI=1S/C17H15N5O3/c1-23-11-3-4-12(18)14(9-11)22-21-10-2-5-13-15(8-10)20-17-16(19-13)24-6-7-25-17/h2-5,8-9H,6-7,18H2,1H3. The molecule has 0 aliphatic carbocycles. The van der Waals surface area contributed by atoms with Gasteiger partial charge in [0.05, 0.1) is 29.5 Å². The van der Waals surface area contributed by atoms with E-state index in [1.807, 2.05) is 6.07 Å². The maximum atomic E-state index is 5.91. The molecule has 0 atom stereocenters. The van der Waals surface area contributed by atoms with Crippen molar-refractivity contribution < 1.29 is 14.2 Å². The Kier molecular flexibility index (Phi) is 3.77. The number of azo groups is 1. The number of ether oxygens (including phenoxy) is 3. The molecule has 0 amide bonds. The number of aromatic nitrogens is 2. The van der Waals surface area contributed by atoms with E-state index < -0.39 is 0 Å². The minimum atomic E-state index is 0.393. The second-order valence-electron chi connectivity index (χ2n) is 5.33. The van der Waals surface area contributed by atoms with E-state index >= 15 is 0 Å². The van der Waals surface area contributed by atoms with Crippen molar-refractivity contribution in [1.82, 2.24) is 9.97 Å². The van der Waals surface area contributed by atoms with Crippen LogP contribution in [0, 0.1) is 0 Å². The Morgan fingerprint density at radius 2 is 1.72 bits per heavy atom. The van der Waals surface area contributed by atoms with Crippen molar-refractivity contribution in [1.29, 1.82) is 0 Å². The number of anilines is 1. The quantitative estimate of drug-likeness (QED) is 0.580. The highest BCUT2D eigenvalue weighted by molar-refractivity contribution is 5.79. The van der Waals surface area contributed by atoms with Crippen molar-refractivity contribution >= 4 is 28.1 Å². The lowest BCUT2D eigenvalue weighted by atomic mass is 10.2. The summed E-state index contributed by atoms with van der Waals surface area (Å²) in [4.78, 5) is 8.81. The monoisotopic (exact) mass is 337 g/mol. The Balaban J connectivity index is 1.67. The fraction of sp³-hybridized carbons (Fsp3) is 0.176. The van der Waals surface area contributed by atoms with Crippen LogP contribution in [0.2, 0.25) is 0 Å². The third kappa shape index (κ3) is 3.01. The Hall–Kier alpha value is -3.42. The number of fused-ring (bicyclic) bond motifs is 2. The molecule has 25 heavy (non-hydrogen) atoms. The molecule has 0 fully saturated rings. The SMILES string of the molecule is COc1ccc(N)c(N=Nc2ccc3nc4c(nc3c2)OCCO4)c1. The molecule has 1 aliphatic heterocycles. The molecule has 1 aliphatic rings. The van der Waals surface area contributed by atoms with E-state index in [0.717, 1.165) is 0 Å². The van der Waals surface area contributed by atoms with E-state index in [4.69, 9.17) is 19.9 Å². The molecule has 2 N–H and O–H groups in total. The maximum Gasteiger partial charge on any atom is 0.278 e. The average molecular weight is 337 g/mol. The Morgan fingerprint density at radius 1 is 0.960 bits per heavy atom.